The second-order valence-corrected chi connectivity index (χ2v) is 4.76. The van der Waals surface area contributed by atoms with Crippen LogP contribution in [0.25, 0.3) is 0 Å². The molecule has 1 atom stereocenters. The van der Waals surface area contributed by atoms with Crippen molar-refractivity contribution in [1.82, 2.24) is 0 Å². The number of benzene rings is 1. The van der Waals surface area contributed by atoms with Crippen LogP contribution < -0.4 is 5.32 Å². The molecule has 1 rings (SSSR count). The molecule has 0 unspecified atom stereocenters. The fraction of sp³-hybridized carbons (Fsp3) is 0.600. The monoisotopic (exact) mass is 219 g/mol. The summed E-state index contributed by atoms with van der Waals surface area (Å²) in [5.41, 5.74) is 2.56. The SMILES string of the molecule is CCCCCC[C@@H](C)Nc1ccc(C)cc1. The van der Waals surface area contributed by atoms with Crippen molar-refractivity contribution < 1.29 is 0 Å². The Morgan fingerprint density at radius 1 is 1.06 bits per heavy atom. The third kappa shape index (κ3) is 5.20. The van der Waals surface area contributed by atoms with Crippen molar-refractivity contribution in [1.29, 1.82) is 0 Å². The Kier molecular flexibility index (Phi) is 5.99. The Labute approximate surface area is 100 Å². The standard InChI is InChI=1S/C15H25N/c1-4-5-6-7-8-14(3)16-15-11-9-13(2)10-12-15/h9-12,14,16H,4-8H2,1-3H3/t14-/m1/s1. The fourth-order valence-corrected chi connectivity index (χ4v) is 1.88. The van der Waals surface area contributed by atoms with E-state index in [0.717, 1.165) is 0 Å². The molecule has 0 radical (unpaired) electrons. The normalized spacial score (nSPS) is 12.4. The number of aryl methyl sites for hydroxylation is 1. The van der Waals surface area contributed by atoms with Gasteiger partial charge in [-0.2, -0.15) is 0 Å². The minimum Gasteiger partial charge on any atom is -0.383 e. The molecule has 1 nitrogen and oxygen atoms in total. The maximum Gasteiger partial charge on any atom is 0.0342 e. The van der Waals surface area contributed by atoms with Crippen LogP contribution in [0.5, 0.6) is 0 Å². The van der Waals surface area contributed by atoms with E-state index in [1.54, 1.807) is 0 Å². The molecule has 0 amide bonds. The van der Waals surface area contributed by atoms with Crippen LogP contribution in [0.3, 0.4) is 0 Å². The molecule has 0 fully saturated rings. The highest BCUT2D eigenvalue weighted by Gasteiger charge is 2.01. The van der Waals surface area contributed by atoms with E-state index < -0.39 is 0 Å². The van der Waals surface area contributed by atoms with E-state index in [1.165, 1.54) is 43.4 Å². The fourth-order valence-electron chi connectivity index (χ4n) is 1.88. The molecular weight excluding hydrogens is 194 g/mol. The van der Waals surface area contributed by atoms with Gasteiger partial charge in [-0.15, -0.1) is 0 Å². The Morgan fingerprint density at radius 2 is 1.75 bits per heavy atom. The lowest BCUT2D eigenvalue weighted by Crippen LogP contribution is -2.14. The number of unbranched alkanes of at least 4 members (excludes halogenated alkanes) is 3. The van der Waals surface area contributed by atoms with E-state index in [0.29, 0.717) is 6.04 Å². The number of hydrogen-bond acceptors (Lipinski definition) is 1. The lowest BCUT2D eigenvalue weighted by Gasteiger charge is -2.15. The van der Waals surface area contributed by atoms with Crippen LogP contribution in [0.4, 0.5) is 5.69 Å². The highest BCUT2D eigenvalue weighted by molar-refractivity contribution is 5.44. The molecule has 1 aromatic rings. The largest absolute Gasteiger partial charge is 0.383 e. The van der Waals surface area contributed by atoms with Gasteiger partial charge in [-0.3, -0.25) is 0 Å². The molecule has 16 heavy (non-hydrogen) atoms. The van der Waals surface area contributed by atoms with E-state index in [9.17, 15) is 0 Å². The predicted octanol–water partition coefficient (Wildman–Crippen LogP) is 4.77. The maximum atomic E-state index is 3.55. The van der Waals surface area contributed by atoms with Crippen molar-refractivity contribution in [2.45, 2.75) is 58.9 Å². The highest BCUT2D eigenvalue weighted by Crippen LogP contribution is 2.13. The third-order valence-corrected chi connectivity index (χ3v) is 2.96. The number of anilines is 1. The quantitative estimate of drug-likeness (QED) is 0.652. The zero-order valence-corrected chi connectivity index (χ0v) is 10.9. The van der Waals surface area contributed by atoms with Crippen LogP contribution in [0.2, 0.25) is 0 Å². The first-order valence-electron chi connectivity index (χ1n) is 6.55. The van der Waals surface area contributed by atoms with Gasteiger partial charge < -0.3 is 5.32 Å². The molecule has 0 bridgehead atoms. The van der Waals surface area contributed by atoms with E-state index >= 15 is 0 Å². The molecule has 0 saturated heterocycles. The Morgan fingerprint density at radius 3 is 2.38 bits per heavy atom. The summed E-state index contributed by atoms with van der Waals surface area (Å²) in [4.78, 5) is 0. The summed E-state index contributed by atoms with van der Waals surface area (Å²) in [6.45, 7) is 6.65. The van der Waals surface area contributed by atoms with Crippen molar-refractivity contribution in [3.8, 4) is 0 Å². The molecule has 90 valence electrons. The second-order valence-electron chi connectivity index (χ2n) is 4.76. The smallest absolute Gasteiger partial charge is 0.0342 e. The zero-order valence-electron chi connectivity index (χ0n) is 10.9. The van der Waals surface area contributed by atoms with Gasteiger partial charge in [-0.1, -0.05) is 50.3 Å². The Balaban J connectivity index is 2.23. The Hall–Kier alpha value is -0.980. The maximum absolute atomic E-state index is 3.55. The average Bonchev–Trinajstić information content (AvgIpc) is 2.28. The molecule has 1 heteroatoms. The molecular formula is C15H25N. The van der Waals surface area contributed by atoms with Gasteiger partial charge in [0, 0.05) is 11.7 Å². The average molecular weight is 219 g/mol. The van der Waals surface area contributed by atoms with Crippen LogP contribution in [-0.2, 0) is 0 Å². The molecule has 0 aliphatic carbocycles. The van der Waals surface area contributed by atoms with Gasteiger partial charge in [-0.05, 0) is 32.4 Å². The summed E-state index contributed by atoms with van der Waals surface area (Å²) in [6.07, 6.45) is 6.68. The van der Waals surface area contributed by atoms with Gasteiger partial charge in [-0.25, -0.2) is 0 Å². The van der Waals surface area contributed by atoms with Crippen LogP contribution in [-0.4, -0.2) is 6.04 Å². The van der Waals surface area contributed by atoms with Crippen LogP contribution >= 0.6 is 0 Å². The second kappa shape index (κ2) is 7.32. The first-order chi connectivity index (χ1) is 7.72. The van der Waals surface area contributed by atoms with Crippen molar-refractivity contribution >= 4 is 5.69 Å². The molecule has 0 saturated carbocycles. The van der Waals surface area contributed by atoms with Crippen molar-refractivity contribution in [2.75, 3.05) is 5.32 Å². The summed E-state index contributed by atoms with van der Waals surface area (Å²) in [5, 5.41) is 3.55. The molecule has 0 heterocycles. The summed E-state index contributed by atoms with van der Waals surface area (Å²) in [6, 6.07) is 9.23. The molecule has 0 spiro atoms. The van der Waals surface area contributed by atoms with Crippen LogP contribution in [0.15, 0.2) is 24.3 Å². The van der Waals surface area contributed by atoms with Crippen LogP contribution in [0.1, 0.15) is 51.5 Å². The van der Waals surface area contributed by atoms with Gasteiger partial charge in [0.05, 0.1) is 0 Å². The first kappa shape index (κ1) is 13.1. The third-order valence-electron chi connectivity index (χ3n) is 2.96. The first-order valence-corrected chi connectivity index (χ1v) is 6.55. The topological polar surface area (TPSA) is 12.0 Å². The molecule has 1 aromatic carbocycles. The predicted molar refractivity (Wildman–Crippen MR) is 73.0 cm³/mol. The zero-order chi connectivity index (χ0) is 11.8. The molecule has 0 aliphatic heterocycles. The molecule has 0 aromatic heterocycles. The van der Waals surface area contributed by atoms with Gasteiger partial charge in [0.15, 0.2) is 0 Å². The van der Waals surface area contributed by atoms with Gasteiger partial charge >= 0.3 is 0 Å². The van der Waals surface area contributed by atoms with Crippen molar-refractivity contribution in [2.24, 2.45) is 0 Å². The summed E-state index contributed by atoms with van der Waals surface area (Å²) >= 11 is 0. The van der Waals surface area contributed by atoms with E-state index in [4.69, 9.17) is 0 Å². The summed E-state index contributed by atoms with van der Waals surface area (Å²) in [7, 11) is 0. The summed E-state index contributed by atoms with van der Waals surface area (Å²) < 4.78 is 0. The van der Waals surface area contributed by atoms with Gasteiger partial charge in [0.1, 0.15) is 0 Å². The van der Waals surface area contributed by atoms with Crippen LogP contribution in [0, 0.1) is 6.92 Å². The molecule has 0 aliphatic rings. The van der Waals surface area contributed by atoms with Gasteiger partial charge in [0.2, 0.25) is 0 Å². The van der Waals surface area contributed by atoms with E-state index in [-0.39, 0.29) is 0 Å². The molecule has 1 N–H and O–H groups in total. The number of rotatable bonds is 7. The Bertz CT molecular complexity index is 276. The summed E-state index contributed by atoms with van der Waals surface area (Å²) in [5.74, 6) is 0. The van der Waals surface area contributed by atoms with E-state index in [1.807, 2.05) is 0 Å². The number of hydrogen-bond donors (Lipinski definition) is 1. The number of nitrogens with one attached hydrogen (secondary N) is 1. The highest BCUT2D eigenvalue weighted by atomic mass is 14.9. The minimum absolute atomic E-state index is 0.583. The van der Waals surface area contributed by atoms with Crippen molar-refractivity contribution in [3.05, 3.63) is 29.8 Å². The lowest BCUT2D eigenvalue weighted by molar-refractivity contribution is 0.594. The van der Waals surface area contributed by atoms with E-state index in [2.05, 4.69) is 50.4 Å². The van der Waals surface area contributed by atoms with Crippen molar-refractivity contribution in [3.63, 3.8) is 0 Å². The lowest BCUT2D eigenvalue weighted by atomic mass is 10.1. The van der Waals surface area contributed by atoms with Gasteiger partial charge in [0.25, 0.3) is 0 Å². The minimum atomic E-state index is 0.583.